The molecule has 76 heavy (non-hydrogen) atoms. The van der Waals surface area contributed by atoms with Crippen LogP contribution in [-0.2, 0) is 18.4 Å². The highest BCUT2D eigenvalue weighted by molar-refractivity contribution is 7.45. The number of carbonyl (C=O) groups excluding carboxylic acids is 1. The first-order valence-corrected chi connectivity index (χ1v) is 35.5. The summed E-state index contributed by atoms with van der Waals surface area (Å²) in [5, 5.41) is 14.1. The summed E-state index contributed by atoms with van der Waals surface area (Å²) < 4.78 is 23.5. The number of hydrogen-bond acceptors (Lipinski definition) is 6. The molecule has 3 atom stereocenters. The number of aliphatic hydroxyl groups excluding tert-OH is 1. The van der Waals surface area contributed by atoms with Crippen LogP contribution in [0, 0.1) is 0 Å². The summed E-state index contributed by atoms with van der Waals surface area (Å²) in [7, 11) is 1.33. The number of rotatable bonds is 64. The predicted molar refractivity (Wildman–Crippen MR) is 330 cm³/mol. The smallest absolute Gasteiger partial charge is 0.268 e. The Bertz CT molecular complexity index is 1240. The monoisotopic (exact) mass is 1100 g/mol. The predicted octanol–water partition coefficient (Wildman–Crippen LogP) is 20.7. The molecule has 2 N–H and O–H groups in total. The topological polar surface area (TPSA) is 108 Å². The number of likely N-dealkylation sites (N-methyl/N-ethyl adjacent to an activating group) is 1. The third-order valence-electron chi connectivity index (χ3n) is 16.0. The molecule has 0 fully saturated rings. The molecular formula is C67H135N2O6P. The number of amides is 1. The summed E-state index contributed by atoms with van der Waals surface area (Å²) in [5.41, 5.74) is 0. The lowest BCUT2D eigenvalue weighted by molar-refractivity contribution is -0.870. The molecule has 454 valence electrons. The first-order chi connectivity index (χ1) is 37.0. The van der Waals surface area contributed by atoms with Gasteiger partial charge in [0, 0.05) is 6.42 Å². The summed E-state index contributed by atoms with van der Waals surface area (Å²) in [6.45, 7) is 4.79. The molecule has 0 heterocycles. The molecule has 0 rings (SSSR count). The highest BCUT2D eigenvalue weighted by atomic mass is 31.2. The Morgan fingerprint density at radius 1 is 0.447 bits per heavy atom. The summed E-state index contributed by atoms with van der Waals surface area (Å²) in [4.78, 5) is 25.6. The molecule has 0 saturated heterocycles. The van der Waals surface area contributed by atoms with Crippen LogP contribution < -0.4 is 10.2 Å². The number of phosphoric acid groups is 1. The van der Waals surface area contributed by atoms with E-state index >= 15 is 0 Å². The Labute approximate surface area is 475 Å². The van der Waals surface area contributed by atoms with Gasteiger partial charge in [-0.3, -0.25) is 9.36 Å². The van der Waals surface area contributed by atoms with Gasteiger partial charge in [0.1, 0.15) is 13.2 Å². The number of unbranched alkanes of at least 4 members (excludes halogenated alkanes) is 49. The Morgan fingerprint density at radius 3 is 1.03 bits per heavy atom. The van der Waals surface area contributed by atoms with Crippen LogP contribution in [0.3, 0.4) is 0 Å². The lowest BCUT2D eigenvalue weighted by atomic mass is 10.0. The van der Waals surface area contributed by atoms with Gasteiger partial charge in [-0.1, -0.05) is 328 Å². The SMILES string of the molecule is CCCCCCCCCCCCCC/C=C\CCCCCCCCCCCCCCCCCC(=O)NC(COP(=O)([O-])OCC[N+](C)(C)C)C(O)CCCCCCCCCCCCCCCCCCCCCCCCC. The normalized spacial score (nSPS) is 13.7. The fraction of sp³-hybridized carbons (Fsp3) is 0.955. The van der Waals surface area contributed by atoms with Crippen molar-refractivity contribution in [1.29, 1.82) is 0 Å². The Kier molecular flexibility index (Phi) is 58.3. The van der Waals surface area contributed by atoms with Crippen molar-refractivity contribution < 1.29 is 32.9 Å². The van der Waals surface area contributed by atoms with Gasteiger partial charge in [-0.15, -0.1) is 0 Å². The highest BCUT2D eigenvalue weighted by Gasteiger charge is 2.24. The van der Waals surface area contributed by atoms with Crippen LogP contribution in [0.15, 0.2) is 12.2 Å². The third-order valence-corrected chi connectivity index (χ3v) is 17.0. The molecule has 0 saturated carbocycles. The molecular weight excluding hydrogens is 960 g/mol. The number of carbonyl (C=O) groups is 1. The van der Waals surface area contributed by atoms with Crippen LogP contribution >= 0.6 is 7.82 Å². The van der Waals surface area contributed by atoms with E-state index in [1.807, 2.05) is 21.1 Å². The molecule has 0 aromatic heterocycles. The first kappa shape index (κ1) is 75.2. The van der Waals surface area contributed by atoms with Gasteiger partial charge >= 0.3 is 0 Å². The molecule has 1 amide bonds. The zero-order valence-electron chi connectivity index (χ0n) is 52.0. The van der Waals surface area contributed by atoms with Crippen LogP contribution in [0.4, 0.5) is 0 Å². The lowest BCUT2D eigenvalue weighted by Crippen LogP contribution is -2.46. The Morgan fingerprint density at radius 2 is 0.724 bits per heavy atom. The minimum Gasteiger partial charge on any atom is -0.756 e. The minimum atomic E-state index is -4.58. The fourth-order valence-corrected chi connectivity index (χ4v) is 11.4. The van der Waals surface area contributed by atoms with Crippen molar-refractivity contribution in [2.24, 2.45) is 0 Å². The maximum atomic E-state index is 13.0. The molecule has 3 unspecified atom stereocenters. The number of nitrogens with zero attached hydrogens (tertiary/aromatic N) is 1. The van der Waals surface area contributed by atoms with E-state index < -0.39 is 20.0 Å². The molecule has 0 aliphatic carbocycles. The van der Waals surface area contributed by atoms with Crippen LogP contribution in [0.25, 0.3) is 0 Å². The standard InChI is InChI=1S/C67H135N2O6P/c1-6-8-10-12-14-16-18-20-22-24-26-28-30-31-32-33-34-35-36-37-39-41-43-45-47-49-51-53-55-57-59-61-67(71)68-65(64-75-76(72,73)74-63-62-69(3,4)5)66(70)60-58-56-54-52-50-48-46-44-42-40-38-29-27-25-23-21-19-17-15-13-11-9-7-2/h31-32,65-66,70H,6-30,33-64H2,1-5H3,(H-,68,71,72,73)/b32-31-. The summed E-state index contributed by atoms with van der Waals surface area (Å²) in [6.07, 6.45) is 74.2. The average Bonchev–Trinajstić information content (AvgIpc) is 3.38. The second-order valence-corrected chi connectivity index (χ2v) is 26.3. The third kappa shape index (κ3) is 60.9. The van der Waals surface area contributed by atoms with E-state index in [2.05, 4.69) is 31.3 Å². The number of nitrogens with one attached hydrogen (secondary N) is 1. The lowest BCUT2D eigenvalue weighted by Gasteiger charge is -2.30. The fourth-order valence-electron chi connectivity index (χ4n) is 10.7. The number of hydrogen-bond donors (Lipinski definition) is 2. The van der Waals surface area contributed by atoms with Gasteiger partial charge in [-0.2, -0.15) is 0 Å². The van der Waals surface area contributed by atoms with Gasteiger partial charge in [-0.25, -0.2) is 0 Å². The average molecular weight is 1100 g/mol. The van der Waals surface area contributed by atoms with Crippen LogP contribution in [0.2, 0.25) is 0 Å². The molecule has 8 nitrogen and oxygen atoms in total. The Balaban J connectivity index is 4.01. The van der Waals surface area contributed by atoms with Crippen LogP contribution in [0.1, 0.15) is 361 Å². The zero-order valence-corrected chi connectivity index (χ0v) is 52.9. The van der Waals surface area contributed by atoms with E-state index in [-0.39, 0.29) is 19.1 Å². The number of quaternary nitrogens is 1. The van der Waals surface area contributed by atoms with Gasteiger partial charge in [0.2, 0.25) is 5.91 Å². The summed E-state index contributed by atoms with van der Waals surface area (Å²) >= 11 is 0. The molecule has 0 bridgehead atoms. The van der Waals surface area contributed by atoms with Gasteiger partial charge < -0.3 is 28.8 Å². The van der Waals surface area contributed by atoms with Crippen molar-refractivity contribution in [2.75, 3.05) is 40.9 Å². The summed E-state index contributed by atoms with van der Waals surface area (Å²) in [5.74, 6) is -0.156. The van der Waals surface area contributed by atoms with E-state index in [1.165, 1.54) is 295 Å². The van der Waals surface area contributed by atoms with Crippen molar-refractivity contribution in [3.8, 4) is 0 Å². The van der Waals surface area contributed by atoms with E-state index in [0.717, 1.165) is 38.5 Å². The number of allylic oxidation sites excluding steroid dienone is 2. The molecule has 0 aromatic rings. The molecule has 9 heteroatoms. The van der Waals surface area contributed by atoms with Gasteiger partial charge in [0.15, 0.2) is 0 Å². The molecule has 0 aliphatic heterocycles. The number of phosphoric ester groups is 1. The molecule has 0 spiro atoms. The van der Waals surface area contributed by atoms with Crippen molar-refractivity contribution in [3.63, 3.8) is 0 Å². The second-order valence-electron chi connectivity index (χ2n) is 24.9. The van der Waals surface area contributed by atoms with E-state index in [0.29, 0.717) is 23.9 Å². The maximum Gasteiger partial charge on any atom is 0.268 e. The van der Waals surface area contributed by atoms with E-state index in [9.17, 15) is 19.4 Å². The van der Waals surface area contributed by atoms with Crippen molar-refractivity contribution in [1.82, 2.24) is 5.32 Å². The first-order valence-electron chi connectivity index (χ1n) is 34.0. The minimum absolute atomic E-state index is 0.0155. The number of aliphatic hydroxyl groups is 1. The van der Waals surface area contributed by atoms with Crippen LogP contribution in [-0.4, -0.2) is 68.5 Å². The van der Waals surface area contributed by atoms with E-state index in [4.69, 9.17) is 9.05 Å². The molecule has 0 radical (unpaired) electrons. The van der Waals surface area contributed by atoms with Crippen LogP contribution in [0.5, 0.6) is 0 Å². The second kappa shape index (κ2) is 58.9. The van der Waals surface area contributed by atoms with Gasteiger partial charge in [-0.05, 0) is 38.5 Å². The Hall–Kier alpha value is -0.760. The van der Waals surface area contributed by atoms with Gasteiger partial charge in [0.25, 0.3) is 7.82 Å². The largest absolute Gasteiger partial charge is 0.756 e. The summed E-state index contributed by atoms with van der Waals surface area (Å²) in [6, 6.07) is -0.799. The van der Waals surface area contributed by atoms with Crippen molar-refractivity contribution in [2.45, 2.75) is 373 Å². The van der Waals surface area contributed by atoms with Gasteiger partial charge in [0.05, 0.1) is 39.9 Å². The van der Waals surface area contributed by atoms with Crippen molar-refractivity contribution in [3.05, 3.63) is 12.2 Å². The van der Waals surface area contributed by atoms with Crippen molar-refractivity contribution >= 4 is 13.7 Å². The maximum absolute atomic E-state index is 13.0. The van der Waals surface area contributed by atoms with E-state index in [1.54, 1.807) is 0 Å². The molecule has 0 aromatic carbocycles. The highest BCUT2D eigenvalue weighted by Crippen LogP contribution is 2.38. The quantitative estimate of drug-likeness (QED) is 0.0272. The zero-order chi connectivity index (χ0) is 55.6. The molecule has 0 aliphatic rings.